The van der Waals surface area contributed by atoms with Crippen LogP contribution in [0.4, 0.5) is 0 Å². The molecule has 7 heteroatoms. The Labute approximate surface area is 199 Å². The second-order valence-electron chi connectivity index (χ2n) is 8.70. The van der Waals surface area contributed by atoms with Gasteiger partial charge >= 0.3 is 0 Å². The van der Waals surface area contributed by atoms with Crippen molar-refractivity contribution in [2.45, 2.75) is 38.8 Å². The van der Waals surface area contributed by atoms with Crippen molar-refractivity contribution in [2.75, 3.05) is 13.7 Å². The summed E-state index contributed by atoms with van der Waals surface area (Å²) in [6.07, 6.45) is 5.93. The lowest BCUT2D eigenvalue weighted by molar-refractivity contribution is -0.139. The van der Waals surface area contributed by atoms with Crippen LogP contribution in [-0.4, -0.2) is 44.9 Å². The van der Waals surface area contributed by atoms with Crippen molar-refractivity contribution in [3.8, 4) is 5.75 Å². The fraction of sp³-hybridized carbons (Fsp3) is 0.296. The Bertz CT molecular complexity index is 1200. The van der Waals surface area contributed by atoms with Gasteiger partial charge in [-0.25, -0.2) is 4.98 Å². The highest BCUT2D eigenvalue weighted by Gasteiger charge is 2.45. The van der Waals surface area contributed by atoms with E-state index in [1.54, 1.807) is 41.7 Å². The van der Waals surface area contributed by atoms with Gasteiger partial charge in [0.25, 0.3) is 11.7 Å². The molecule has 7 nitrogen and oxygen atoms in total. The smallest absolute Gasteiger partial charge is 0.295 e. The number of aliphatic hydroxyl groups excluding tert-OH is 1. The molecule has 1 saturated heterocycles. The van der Waals surface area contributed by atoms with Gasteiger partial charge in [-0.05, 0) is 35.6 Å². The number of nitrogens with zero attached hydrogens (tertiary/aromatic N) is 3. The summed E-state index contributed by atoms with van der Waals surface area (Å²) in [5.74, 6) is -0.579. The average molecular weight is 460 g/mol. The molecule has 176 valence electrons. The third kappa shape index (κ3) is 4.59. The summed E-state index contributed by atoms with van der Waals surface area (Å²) >= 11 is 0. The molecule has 1 atom stereocenters. The molecule has 2 heterocycles. The third-order valence-electron chi connectivity index (χ3n) is 6.18. The maximum atomic E-state index is 13.2. The standard InChI is InChI=1S/C27H29N3O4/c1-18(2)19-8-10-20(11-9-19)24-23(25(31)21-6-4-7-22(16-21)34-3)26(32)27(33)30(24)14-5-13-29-15-12-28-17-29/h4,6-12,15-18,24,31H,5,13-14H2,1-3H3/t24-/m0/s1. The summed E-state index contributed by atoms with van der Waals surface area (Å²) in [6.45, 7) is 5.26. The molecular formula is C27H29N3O4. The van der Waals surface area contributed by atoms with Gasteiger partial charge in [0.2, 0.25) is 0 Å². The lowest BCUT2D eigenvalue weighted by Crippen LogP contribution is -2.31. The topological polar surface area (TPSA) is 84.7 Å². The first-order chi connectivity index (χ1) is 16.4. The molecule has 34 heavy (non-hydrogen) atoms. The van der Waals surface area contributed by atoms with Crippen molar-refractivity contribution < 1.29 is 19.4 Å². The van der Waals surface area contributed by atoms with Crippen LogP contribution < -0.4 is 4.74 Å². The first-order valence-corrected chi connectivity index (χ1v) is 11.4. The van der Waals surface area contributed by atoms with Crippen LogP contribution in [0.3, 0.4) is 0 Å². The van der Waals surface area contributed by atoms with E-state index in [0.717, 1.165) is 11.1 Å². The van der Waals surface area contributed by atoms with Gasteiger partial charge in [-0.1, -0.05) is 50.2 Å². The number of Topliss-reactive ketones (excluding diaryl/α,β-unsaturated/α-hetero) is 1. The number of aliphatic hydroxyl groups is 1. The predicted molar refractivity (Wildman–Crippen MR) is 129 cm³/mol. The zero-order valence-corrected chi connectivity index (χ0v) is 19.6. The highest BCUT2D eigenvalue weighted by Crippen LogP contribution is 2.40. The number of hydrogen-bond acceptors (Lipinski definition) is 5. The molecule has 0 bridgehead atoms. The van der Waals surface area contributed by atoms with Gasteiger partial charge in [0.05, 0.1) is 25.1 Å². The summed E-state index contributed by atoms with van der Waals surface area (Å²) in [5, 5.41) is 11.2. The number of ether oxygens (including phenoxy) is 1. The summed E-state index contributed by atoms with van der Waals surface area (Å²) < 4.78 is 7.20. The molecule has 1 N–H and O–H groups in total. The lowest BCUT2D eigenvalue weighted by atomic mass is 9.93. The number of benzene rings is 2. The monoisotopic (exact) mass is 459 g/mol. The van der Waals surface area contributed by atoms with Gasteiger partial charge in [-0.2, -0.15) is 0 Å². The van der Waals surface area contributed by atoms with Gasteiger partial charge in [-0.3, -0.25) is 9.59 Å². The predicted octanol–water partition coefficient (Wildman–Crippen LogP) is 4.53. The van der Waals surface area contributed by atoms with Gasteiger partial charge in [0, 0.05) is 31.0 Å². The number of imidazole rings is 1. The number of aromatic nitrogens is 2. The molecule has 2 aromatic carbocycles. The maximum absolute atomic E-state index is 13.2. The van der Waals surface area contributed by atoms with Crippen molar-refractivity contribution in [3.05, 3.63) is 89.5 Å². The van der Waals surface area contributed by atoms with Crippen LogP contribution in [0.15, 0.2) is 72.8 Å². The molecule has 1 aromatic heterocycles. The van der Waals surface area contributed by atoms with Crippen molar-refractivity contribution in [1.82, 2.24) is 14.5 Å². The van der Waals surface area contributed by atoms with E-state index in [2.05, 4.69) is 18.8 Å². The Morgan fingerprint density at radius 2 is 1.88 bits per heavy atom. The van der Waals surface area contributed by atoms with Crippen molar-refractivity contribution in [1.29, 1.82) is 0 Å². The van der Waals surface area contributed by atoms with Crippen LogP contribution in [-0.2, 0) is 16.1 Å². The van der Waals surface area contributed by atoms with Gasteiger partial charge in [0.1, 0.15) is 11.5 Å². The Morgan fingerprint density at radius 3 is 2.53 bits per heavy atom. The minimum atomic E-state index is -0.680. The van der Waals surface area contributed by atoms with Crippen molar-refractivity contribution in [3.63, 3.8) is 0 Å². The Hall–Kier alpha value is -3.87. The van der Waals surface area contributed by atoms with Gasteiger partial charge < -0.3 is 19.3 Å². The summed E-state index contributed by atoms with van der Waals surface area (Å²) in [4.78, 5) is 31.9. The molecular weight excluding hydrogens is 430 g/mol. The van der Waals surface area contributed by atoms with E-state index in [1.165, 1.54) is 7.11 Å². The lowest BCUT2D eigenvalue weighted by Gasteiger charge is -2.26. The minimum absolute atomic E-state index is 0.0955. The van der Waals surface area contributed by atoms with E-state index in [4.69, 9.17) is 4.74 Å². The molecule has 1 aliphatic heterocycles. The second-order valence-corrected chi connectivity index (χ2v) is 8.70. The maximum Gasteiger partial charge on any atom is 0.295 e. The summed E-state index contributed by atoms with van der Waals surface area (Å²) in [6, 6.07) is 14.1. The van der Waals surface area contributed by atoms with Crippen LogP contribution in [0.25, 0.3) is 5.76 Å². The number of aryl methyl sites for hydroxylation is 1. The van der Waals surface area contributed by atoms with Crippen LogP contribution in [0.1, 0.15) is 48.9 Å². The Kier molecular flexibility index (Phi) is 6.82. The number of likely N-dealkylation sites (tertiary alicyclic amines) is 1. The van der Waals surface area contributed by atoms with E-state index in [0.29, 0.717) is 36.7 Å². The SMILES string of the molecule is COc1cccc(C(O)=C2C(=O)C(=O)N(CCCn3ccnc3)[C@H]2c2ccc(C(C)C)cc2)c1. The Balaban J connectivity index is 1.74. The van der Waals surface area contributed by atoms with E-state index in [-0.39, 0.29) is 11.3 Å². The van der Waals surface area contributed by atoms with E-state index >= 15 is 0 Å². The zero-order chi connectivity index (χ0) is 24.2. The Morgan fingerprint density at radius 1 is 1.12 bits per heavy atom. The number of ketones is 1. The van der Waals surface area contributed by atoms with Crippen molar-refractivity contribution >= 4 is 17.4 Å². The third-order valence-corrected chi connectivity index (χ3v) is 6.18. The number of hydrogen-bond donors (Lipinski definition) is 1. The van der Waals surface area contributed by atoms with E-state index < -0.39 is 17.7 Å². The van der Waals surface area contributed by atoms with Crippen LogP contribution in [0, 0.1) is 0 Å². The number of carbonyl (C=O) groups excluding carboxylic acids is 2. The molecule has 1 aliphatic rings. The van der Waals surface area contributed by atoms with E-state index in [1.807, 2.05) is 35.0 Å². The molecule has 0 unspecified atom stereocenters. The normalized spacial score (nSPS) is 17.5. The molecule has 4 rings (SSSR count). The largest absolute Gasteiger partial charge is 0.507 e. The highest BCUT2D eigenvalue weighted by atomic mass is 16.5. The summed E-state index contributed by atoms with van der Waals surface area (Å²) in [7, 11) is 1.54. The fourth-order valence-corrected chi connectivity index (χ4v) is 4.29. The fourth-order valence-electron chi connectivity index (χ4n) is 4.29. The van der Waals surface area contributed by atoms with Crippen LogP contribution >= 0.6 is 0 Å². The quantitative estimate of drug-likeness (QED) is 0.304. The molecule has 0 saturated carbocycles. The second kappa shape index (κ2) is 9.95. The highest BCUT2D eigenvalue weighted by molar-refractivity contribution is 6.46. The molecule has 0 radical (unpaired) electrons. The summed E-state index contributed by atoms with van der Waals surface area (Å²) in [5.41, 5.74) is 2.47. The molecule has 1 amide bonds. The number of methoxy groups -OCH3 is 1. The zero-order valence-electron chi connectivity index (χ0n) is 19.6. The van der Waals surface area contributed by atoms with E-state index in [9.17, 15) is 14.7 Å². The molecule has 1 fully saturated rings. The van der Waals surface area contributed by atoms with Gasteiger partial charge in [-0.15, -0.1) is 0 Å². The minimum Gasteiger partial charge on any atom is -0.507 e. The van der Waals surface area contributed by atoms with Crippen molar-refractivity contribution in [2.24, 2.45) is 0 Å². The average Bonchev–Trinajstić information content (AvgIpc) is 3.46. The molecule has 3 aromatic rings. The molecule has 0 spiro atoms. The first kappa shape index (κ1) is 23.3. The first-order valence-electron chi connectivity index (χ1n) is 11.4. The number of amides is 1. The van der Waals surface area contributed by atoms with Crippen LogP contribution in [0.2, 0.25) is 0 Å². The van der Waals surface area contributed by atoms with Gasteiger partial charge in [0.15, 0.2) is 0 Å². The van der Waals surface area contributed by atoms with Crippen LogP contribution in [0.5, 0.6) is 5.75 Å². The number of rotatable bonds is 8. The molecule has 0 aliphatic carbocycles. The number of carbonyl (C=O) groups is 2.